The van der Waals surface area contributed by atoms with E-state index in [0.29, 0.717) is 6.42 Å². The summed E-state index contributed by atoms with van der Waals surface area (Å²) in [6, 6.07) is 10.0. The molecule has 2 saturated heterocycles. The predicted molar refractivity (Wildman–Crippen MR) is 91.7 cm³/mol. The molecule has 2 aliphatic heterocycles. The summed E-state index contributed by atoms with van der Waals surface area (Å²) in [7, 11) is 0. The Morgan fingerprint density at radius 2 is 2.00 bits per heavy atom. The largest absolute Gasteiger partial charge is 0.361 e. The van der Waals surface area contributed by atoms with Crippen molar-refractivity contribution in [2.45, 2.75) is 33.2 Å². The van der Waals surface area contributed by atoms with Crippen LogP contribution in [-0.2, 0) is 11.3 Å². The van der Waals surface area contributed by atoms with Crippen LogP contribution in [0.4, 0.5) is 5.69 Å². The first-order valence-corrected chi connectivity index (χ1v) is 8.56. The normalized spacial score (nSPS) is 24.4. The maximum absolute atomic E-state index is 12.6. The number of benzene rings is 1. The molecule has 0 bridgehead atoms. The monoisotopic (exact) mass is 325 g/mol. The van der Waals surface area contributed by atoms with Gasteiger partial charge in [0.1, 0.15) is 5.76 Å². The third kappa shape index (κ3) is 2.63. The number of amides is 1. The van der Waals surface area contributed by atoms with Crippen LogP contribution in [0.15, 0.2) is 34.9 Å². The number of aromatic nitrogens is 1. The van der Waals surface area contributed by atoms with Crippen LogP contribution in [0, 0.1) is 19.3 Å². The van der Waals surface area contributed by atoms with Crippen molar-refractivity contribution in [1.29, 1.82) is 0 Å². The van der Waals surface area contributed by atoms with Crippen molar-refractivity contribution in [2.24, 2.45) is 5.41 Å². The number of carbonyl (C=O) groups excluding carboxylic acids is 1. The third-order valence-electron chi connectivity index (χ3n) is 5.47. The number of carbonyl (C=O) groups is 1. The Bertz CT molecular complexity index is 736. The lowest BCUT2D eigenvalue weighted by Gasteiger charge is -2.24. The smallest absolute Gasteiger partial charge is 0.227 e. The van der Waals surface area contributed by atoms with Crippen molar-refractivity contribution in [3.8, 4) is 0 Å². The van der Waals surface area contributed by atoms with E-state index in [0.717, 1.165) is 49.7 Å². The van der Waals surface area contributed by atoms with Gasteiger partial charge in [-0.2, -0.15) is 0 Å². The average molecular weight is 325 g/mol. The predicted octanol–water partition coefficient (Wildman–Crippen LogP) is 2.92. The minimum Gasteiger partial charge on any atom is -0.361 e. The minimum atomic E-state index is 0.0892. The van der Waals surface area contributed by atoms with Crippen molar-refractivity contribution in [1.82, 2.24) is 10.1 Å². The third-order valence-corrected chi connectivity index (χ3v) is 5.47. The molecule has 0 N–H and O–H groups in total. The van der Waals surface area contributed by atoms with Crippen LogP contribution in [0.3, 0.4) is 0 Å². The molecule has 0 radical (unpaired) electrons. The number of aryl methyl sites for hydroxylation is 2. The summed E-state index contributed by atoms with van der Waals surface area (Å²) in [6.07, 6.45) is 1.73. The summed E-state index contributed by atoms with van der Waals surface area (Å²) in [5.41, 5.74) is 3.27. The summed E-state index contributed by atoms with van der Waals surface area (Å²) >= 11 is 0. The van der Waals surface area contributed by atoms with Crippen molar-refractivity contribution < 1.29 is 9.32 Å². The van der Waals surface area contributed by atoms with E-state index in [1.807, 2.05) is 49.1 Å². The molecule has 2 fully saturated rings. The topological polar surface area (TPSA) is 49.6 Å². The number of anilines is 1. The highest BCUT2D eigenvalue weighted by Gasteiger charge is 2.47. The SMILES string of the molecule is Cc1noc(C)c1CN1CC[C@@]2(CC(=O)N(c3ccccc3)C2)C1. The van der Waals surface area contributed by atoms with Crippen molar-refractivity contribution in [2.75, 3.05) is 24.5 Å². The van der Waals surface area contributed by atoms with E-state index in [9.17, 15) is 4.79 Å². The summed E-state index contributed by atoms with van der Waals surface area (Å²) in [4.78, 5) is 16.9. The van der Waals surface area contributed by atoms with E-state index in [1.54, 1.807) is 0 Å². The first-order chi connectivity index (χ1) is 11.6. The maximum Gasteiger partial charge on any atom is 0.227 e. The number of para-hydroxylation sites is 1. The molecule has 0 saturated carbocycles. The maximum atomic E-state index is 12.6. The second kappa shape index (κ2) is 5.74. The van der Waals surface area contributed by atoms with Crippen molar-refractivity contribution in [3.05, 3.63) is 47.3 Å². The van der Waals surface area contributed by atoms with Gasteiger partial charge in [0.2, 0.25) is 5.91 Å². The first kappa shape index (κ1) is 15.4. The van der Waals surface area contributed by atoms with Gasteiger partial charge in [-0.25, -0.2) is 0 Å². The summed E-state index contributed by atoms with van der Waals surface area (Å²) in [6.45, 7) is 7.65. The van der Waals surface area contributed by atoms with Crippen LogP contribution in [0.25, 0.3) is 0 Å². The van der Waals surface area contributed by atoms with E-state index < -0.39 is 0 Å². The van der Waals surface area contributed by atoms with Gasteiger partial charge in [0.05, 0.1) is 5.69 Å². The van der Waals surface area contributed by atoms with Gasteiger partial charge in [0, 0.05) is 42.7 Å². The molecule has 1 spiro atoms. The molecule has 0 aliphatic carbocycles. The van der Waals surface area contributed by atoms with E-state index in [2.05, 4.69) is 10.1 Å². The number of rotatable bonds is 3. The molecule has 4 rings (SSSR count). The van der Waals surface area contributed by atoms with Gasteiger partial charge in [-0.05, 0) is 38.9 Å². The number of nitrogens with zero attached hydrogens (tertiary/aromatic N) is 3. The lowest BCUT2D eigenvalue weighted by molar-refractivity contribution is -0.117. The number of hydrogen-bond acceptors (Lipinski definition) is 4. The molecule has 126 valence electrons. The van der Waals surface area contributed by atoms with Gasteiger partial charge >= 0.3 is 0 Å². The average Bonchev–Trinajstić information content (AvgIpc) is 3.22. The Balaban J connectivity index is 1.47. The lowest BCUT2D eigenvalue weighted by Crippen LogP contribution is -2.31. The highest BCUT2D eigenvalue weighted by molar-refractivity contribution is 5.96. The van der Waals surface area contributed by atoms with Gasteiger partial charge in [-0.3, -0.25) is 9.69 Å². The van der Waals surface area contributed by atoms with Gasteiger partial charge in [0.15, 0.2) is 0 Å². The minimum absolute atomic E-state index is 0.0892. The van der Waals surface area contributed by atoms with E-state index in [1.165, 1.54) is 5.56 Å². The van der Waals surface area contributed by atoms with Gasteiger partial charge in [-0.15, -0.1) is 0 Å². The molecule has 1 aromatic heterocycles. The molecule has 1 amide bonds. The van der Waals surface area contributed by atoms with Crippen LogP contribution < -0.4 is 4.90 Å². The Morgan fingerprint density at radius 1 is 1.21 bits per heavy atom. The lowest BCUT2D eigenvalue weighted by atomic mass is 9.86. The fourth-order valence-corrected chi connectivity index (χ4v) is 4.13. The molecular weight excluding hydrogens is 302 g/mol. The summed E-state index contributed by atoms with van der Waals surface area (Å²) < 4.78 is 5.28. The molecule has 1 aromatic carbocycles. The fourth-order valence-electron chi connectivity index (χ4n) is 4.13. The zero-order chi connectivity index (χ0) is 16.7. The first-order valence-electron chi connectivity index (χ1n) is 8.56. The molecule has 24 heavy (non-hydrogen) atoms. The number of hydrogen-bond donors (Lipinski definition) is 0. The van der Waals surface area contributed by atoms with E-state index in [4.69, 9.17) is 4.52 Å². The molecular formula is C19H23N3O2. The number of likely N-dealkylation sites (tertiary alicyclic amines) is 1. The summed E-state index contributed by atoms with van der Waals surface area (Å²) in [5, 5.41) is 4.05. The Hall–Kier alpha value is -2.14. The van der Waals surface area contributed by atoms with Crippen molar-refractivity contribution >= 4 is 11.6 Å². The van der Waals surface area contributed by atoms with E-state index in [-0.39, 0.29) is 11.3 Å². The van der Waals surface area contributed by atoms with Gasteiger partial charge < -0.3 is 9.42 Å². The van der Waals surface area contributed by atoms with Crippen LogP contribution in [0.1, 0.15) is 29.9 Å². The molecule has 5 heteroatoms. The summed E-state index contributed by atoms with van der Waals surface area (Å²) in [5.74, 6) is 1.15. The zero-order valence-corrected chi connectivity index (χ0v) is 14.3. The molecule has 1 atom stereocenters. The zero-order valence-electron chi connectivity index (χ0n) is 14.3. The van der Waals surface area contributed by atoms with Gasteiger partial charge in [-0.1, -0.05) is 23.4 Å². The van der Waals surface area contributed by atoms with Crippen LogP contribution in [0.5, 0.6) is 0 Å². The Kier molecular flexibility index (Phi) is 3.68. The second-order valence-electron chi connectivity index (χ2n) is 7.26. The van der Waals surface area contributed by atoms with Crippen LogP contribution in [0.2, 0.25) is 0 Å². The quantitative estimate of drug-likeness (QED) is 0.870. The molecule has 5 nitrogen and oxygen atoms in total. The van der Waals surface area contributed by atoms with Crippen LogP contribution in [-0.4, -0.2) is 35.6 Å². The van der Waals surface area contributed by atoms with Crippen LogP contribution >= 0.6 is 0 Å². The second-order valence-corrected chi connectivity index (χ2v) is 7.26. The van der Waals surface area contributed by atoms with E-state index >= 15 is 0 Å². The highest BCUT2D eigenvalue weighted by atomic mass is 16.5. The Labute approximate surface area is 142 Å². The van der Waals surface area contributed by atoms with Crippen molar-refractivity contribution in [3.63, 3.8) is 0 Å². The molecule has 2 aliphatic rings. The van der Waals surface area contributed by atoms with Gasteiger partial charge in [0.25, 0.3) is 0 Å². The Morgan fingerprint density at radius 3 is 2.71 bits per heavy atom. The standard InChI is InChI=1S/C19H23N3O2/c1-14-17(15(2)24-20-14)11-21-9-8-19(12-21)10-18(23)22(13-19)16-6-4-3-5-7-16/h3-7H,8-13H2,1-2H3/t19-/m1/s1. The highest BCUT2D eigenvalue weighted by Crippen LogP contribution is 2.42. The molecule has 3 heterocycles. The molecule has 2 aromatic rings. The fraction of sp³-hybridized carbons (Fsp3) is 0.474. The molecule has 0 unspecified atom stereocenters.